The smallest absolute Gasteiger partial charge is 0.306 e. The number of hydrogen-bond donors (Lipinski definition) is 1. The zero-order valence-electron chi connectivity index (χ0n) is 29.0. The van der Waals surface area contributed by atoms with Crippen molar-refractivity contribution in [2.75, 3.05) is 13.2 Å². The van der Waals surface area contributed by atoms with Gasteiger partial charge in [0.15, 0.2) is 6.10 Å². The van der Waals surface area contributed by atoms with Crippen molar-refractivity contribution < 1.29 is 24.2 Å². The molecule has 43 heavy (non-hydrogen) atoms. The second kappa shape index (κ2) is 35.4. The van der Waals surface area contributed by atoms with E-state index in [4.69, 9.17) is 9.47 Å². The number of aliphatic hydroxyl groups is 1. The first-order chi connectivity index (χ1) is 21.1. The maximum Gasteiger partial charge on any atom is 0.306 e. The average molecular weight is 611 g/mol. The van der Waals surface area contributed by atoms with Crippen LogP contribution in [0, 0.1) is 0 Å². The van der Waals surface area contributed by atoms with E-state index in [2.05, 4.69) is 13.8 Å². The molecular formula is C38H74O5. The molecule has 0 aromatic carbocycles. The third-order valence-electron chi connectivity index (χ3n) is 8.65. The molecule has 1 N–H and O–H groups in total. The topological polar surface area (TPSA) is 72.8 Å². The summed E-state index contributed by atoms with van der Waals surface area (Å²) in [6.07, 6.45) is 37.9. The van der Waals surface area contributed by atoms with Gasteiger partial charge in [0.1, 0.15) is 6.61 Å². The maximum absolute atomic E-state index is 12.1. The van der Waals surface area contributed by atoms with Crippen molar-refractivity contribution in [3.05, 3.63) is 0 Å². The van der Waals surface area contributed by atoms with Crippen molar-refractivity contribution >= 4 is 11.9 Å². The summed E-state index contributed by atoms with van der Waals surface area (Å²) in [5.41, 5.74) is 0. The molecule has 0 saturated carbocycles. The van der Waals surface area contributed by atoms with Gasteiger partial charge in [-0.3, -0.25) is 9.59 Å². The zero-order chi connectivity index (χ0) is 31.5. The van der Waals surface area contributed by atoms with Crippen LogP contribution in [0.4, 0.5) is 0 Å². The van der Waals surface area contributed by atoms with E-state index in [1.165, 1.54) is 148 Å². The number of carbonyl (C=O) groups is 2. The minimum absolute atomic E-state index is 0.0600. The summed E-state index contributed by atoms with van der Waals surface area (Å²) in [4.78, 5) is 23.9. The highest BCUT2D eigenvalue weighted by molar-refractivity contribution is 5.70. The van der Waals surface area contributed by atoms with Gasteiger partial charge < -0.3 is 14.6 Å². The molecule has 0 aromatic heterocycles. The molecule has 0 spiro atoms. The Kier molecular flexibility index (Phi) is 34.5. The molecule has 0 fully saturated rings. The molecule has 0 aliphatic heterocycles. The van der Waals surface area contributed by atoms with E-state index >= 15 is 0 Å². The van der Waals surface area contributed by atoms with Crippen molar-refractivity contribution in [1.29, 1.82) is 0 Å². The van der Waals surface area contributed by atoms with E-state index in [0.717, 1.165) is 38.5 Å². The molecule has 1 atom stereocenters. The fourth-order valence-corrected chi connectivity index (χ4v) is 5.73. The van der Waals surface area contributed by atoms with Crippen molar-refractivity contribution in [3.63, 3.8) is 0 Å². The Labute approximate surface area is 268 Å². The first kappa shape index (κ1) is 41.9. The largest absolute Gasteiger partial charge is 0.462 e. The van der Waals surface area contributed by atoms with Crippen LogP contribution in [0.1, 0.15) is 213 Å². The lowest BCUT2D eigenvalue weighted by Crippen LogP contribution is -2.28. The van der Waals surface area contributed by atoms with E-state index in [0.29, 0.717) is 12.8 Å². The third-order valence-corrected chi connectivity index (χ3v) is 8.65. The molecule has 0 rings (SSSR count). The highest BCUT2D eigenvalue weighted by Gasteiger charge is 2.16. The first-order valence-electron chi connectivity index (χ1n) is 19.1. The van der Waals surface area contributed by atoms with Crippen molar-refractivity contribution in [2.45, 2.75) is 219 Å². The quantitative estimate of drug-likeness (QED) is 0.0571. The van der Waals surface area contributed by atoms with E-state index in [9.17, 15) is 14.7 Å². The van der Waals surface area contributed by atoms with Gasteiger partial charge >= 0.3 is 11.9 Å². The summed E-state index contributed by atoms with van der Waals surface area (Å²) in [5.74, 6) is -0.593. The Balaban J connectivity index is 3.36. The Hall–Kier alpha value is -1.10. The monoisotopic (exact) mass is 611 g/mol. The number of ether oxygens (including phenoxy) is 2. The SMILES string of the molecule is CCCCCCCCCCCCCCCCCCCCCCCCCCC(=O)OC(CO)COC(=O)CCCCCCC. The van der Waals surface area contributed by atoms with Gasteiger partial charge in [-0.1, -0.05) is 187 Å². The molecule has 0 radical (unpaired) electrons. The molecule has 0 amide bonds. The van der Waals surface area contributed by atoms with Gasteiger partial charge in [0, 0.05) is 12.8 Å². The van der Waals surface area contributed by atoms with Crippen LogP contribution in [-0.2, 0) is 19.1 Å². The van der Waals surface area contributed by atoms with Gasteiger partial charge in [-0.25, -0.2) is 0 Å². The fraction of sp³-hybridized carbons (Fsp3) is 0.947. The third kappa shape index (κ3) is 33.6. The molecule has 0 aliphatic carbocycles. The van der Waals surface area contributed by atoms with E-state index in [1.54, 1.807) is 0 Å². The van der Waals surface area contributed by atoms with Crippen molar-refractivity contribution in [2.24, 2.45) is 0 Å². The number of carbonyl (C=O) groups excluding carboxylic acids is 2. The van der Waals surface area contributed by atoms with Crippen LogP contribution in [0.2, 0.25) is 0 Å². The van der Waals surface area contributed by atoms with Gasteiger partial charge in [0.05, 0.1) is 6.61 Å². The lowest BCUT2D eigenvalue weighted by Gasteiger charge is -2.15. The van der Waals surface area contributed by atoms with Crippen LogP contribution < -0.4 is 0 Å². The minimum Gasteiger partial charge on any atom is -0.462 e. The fourth-order valence-electron chi connectivity index (χ4n) is 5.73. The number of unbranched alkanes of at least 4 members (excludes halogenated alkanes) is 27. The molecular weight excluding hydrogens is 536 g/mol. The van der Waals surface area contributed by atoms with E-state index < -0.39 is 6.10 Å². The standard InChI is InChI=1S/C38H74O5/c1-3-5-7-9-10-11-12-13-14-15-16-17-18-19-20-21-22-23-24-25-26-27-29-31-33-38(41)43-36(34-39)35-42-37(40)32-30-28-8-6-4-2/h36,39H,3-35H2,1-2H3. The summed E-state index contributed by atoms with van der Waals surface area (Å²) in [7, 11) is 0. The van der Waals surface area contributed by atoms with Crippen LogP contribution in [0.25, 0.3) is 0 Å². The normalized spacial score (nSPS) is 12.0. The Morgan fingerprint density at radius 3 is 1.02 bits per heavy atom. The lowest BCUT2D eigenvalue weighted by atomic mass is 10.0. The Bertz CT molecular complexity index is 579. The van der Waals surface area contributed by atoms with Crippen molar-refractivity contribution in [3.8, 4) is 0 Å². The second-order valence-corrected chi connectivity index (χ2v) is 13.0. The number of aliphatic hydroxyl groups excluding tert-OH is 1. The maximum atomic E-state index is 12.1. The number of hydrogen-bond acceptors (Lipinski definition) is 5. The number of esters is 2. The van der Waals surface area contributed by atoms with Crippen LogP contribution in [-0.4, -0.2) is 36.4 Å². The Morgan fingerprint density at radius 2 is 0.721 bits per heavy atom. The van der Waals surface area contributed by atoms with E-state index in [1.807, 2.05) is 0 Å². The summed E-state index contributed by atoms with van der Waals surface area (Å²) in [6.45, 7) is 4.07. The van der Waals surface area contributed by atoms with Gasteiger partial charge in [-0.05, 0) is 12.8 Å². The summed E-state index contributed by atoms with van der Waals surface area (Å²) in [5, 5.41) is 9.45. The molecule has 0 aromatic rings. The van der Waals surface area contributed by atoms with Gasteiger partial charge in [-0.2, -0.15) is 0 Å². The minimum atomic E-state index is -0.758. The molecule has 0 saturated heterocycles. The molecule has 5 heteroatoms. The predicted molar refractivity (Wildman–Crippen MR) is 182 cm³/mol. The van der Waals surface area contributed by atoms with Crippen LogP contribution in [0.5, 0.6) is 0 Å². The van der Waals surface area contributed by atoms with Crippen LogP contribution in [0.3, 0.4) is 0 Å². The molecule has 0 bridgehead atoms. The highest BCUT2D eigenvalue weighted by atomic mass is 16.6. The molecule has 1 unspecified atom stereocenters. The molecule has 5 nitrogen and oxygen atoms in total. The average Bonchev–Trinajstić information content (AvgIpc) is 3.01. The van der Waals surface area contributed by atoms with Gasteiger partial charge in [0.25, 0.3) is 0 Å². The van der Waals surface area contributed by atoms with Gasteiger partial charge in [0.2, 0.25) is 0 Å². The number of rotatable bonds is 35. The molecule has 0 heterocycles. The van der Waals surface area contributed by atoms with Crippen LogP contribution >= 0.6 is 0 Å². The summed E-state index contributed by atoms with van der Waals surface area (Å²) in [6, 6.07) is 0. The molecule has 0 aliphatic rings. The summed E-state index contributed by atoms with van der Waals surface area (Å²) >= 11 is 0. The van der Waals surface area contributed by atoms with Gasteiger partial charge in [-0.15, -0.1) is 0 Å². The Morgan fingerprint density at radius 1 is 0.442 bits per heavy atom. The molecule has 256 valence electrons. The van der Waals surface area contributed by atoms with Crippen LogP contribution in [0.15, 0.2) is 0 Å². The summed E-state index contributed by atoms with van der Waals surface area (Å²) < 4.78 is 10.5. The second-order valence-electron chi connectivity index (χ2n) is 13.0. The highest BCUT2D eigenvalue weighted by Crippen LogP contribution is 2.16. The predicted octanol–water partition coefficient (Wildman–Crippen LogP) is 11.6. The first-order valence-corrected chi connectivity index (χ1v) is 19.1. The zero-order valence-corrected chi connectivity index (χ0v) is 29.0. The van der Waals surface area contributed by atoms with E-state index in [-0.39, 0.29) is 25.2 Å². The lowest BCUT2D eigenvalue weighted by molar-refractivity contribution is -0.161. The van der Waals surface area contributed by atoms with Crippen molar-refractivity contribution in [1.82, 2.24) is 0 Å².